The first-order chi connectivity index (χ1) is 9.69. The second kappa shape index (κ2) is 4.93. The molecule has 0 aliphatic carbocycles. The van der Waals surface area contributed by atoms with E-state index < -0.39 is 0 Å². The van der Waals surface area contributed by atoms with Crippen LogP contribution < -0.4 is 4.57 Å². The van der Waals surface area contributed by atoms with Gasteiger partial charge in [0.2, 0.25) is 5.69 Å². The first-order valence-corrected chi connectivity index (χ1v) is 6.81. The molecule has 0 saturated heterocycles. The summed E-state index contributed by atoms with van der Waals surface area (Å²) in [6.07, 6.45) is 3.97. The quantitative estimate of drug-likeness (QED) is 0.605. The Bertz CT molecular complexity index is 800. The fourth-order valence-corrected chi connectivity index (χ4v) is 2.61. The van der Waals surface area contributed by atoms with Gasteiger partial charge >= 0.3 is 0 Å². The summed E-state index contributed by atoms with van der Waals surface area (Å²) in [5, 5.41) is 2.56. The van der Waals surface area contributed by atoms with Gasteiger partial charge in [0.05, 0.1) is 0 Å². The molecule has 0 bridgehead atoms. The Morgan fingerprint density at radius 1 is 1.00 bits per heavy atom. The molecule has 3 rings (SSSR count). The highest BCUT2D eigenvalue weighted by Gasteiger charge is 2.13. The smallest absolute Gasteiger partial charge is 0.201 e. The predicted octanol–water partition coefficient (Wildman–Crippen LogP) is 4.28. The van der Waals surface area contributed by atoms with E-state index in [0.29, 0.717) is 0 Å². The highest BCUT2D eigenvalue weighted by molar-refractivity contribution is 5.88. The highest BCUT2D eigenvalue weighted by Crippen LogP contribution is 2.26. The zero-order valence-corrected chi connectivity index (χ0v) is 11.9. The first kappa shape index (κ1) is 12.6. The lowest BCUT2D eigenvalue weighted by atomic mass is 9.98. The summed E-state index contributed by atoms with van der Waals surface area (Å²) in [5.74, 6) is 0. The van der Waals surface area contributed by atoms with E-state index in [9.17, 15) is 0 Å². The van der Waals surface area contributed by atoms with Crippen LogP contribution in [-0.2, 0) is 7.05 Å². The summed E-state index contributed by atoms with van der Waals surface area (Å²) < 4.78 is 2.16. The van der Waals surface area contributed by atoms with Gasteiger partial charge in [0.15, 0.2) is 6.20 Å². The van der Waals surface area contributed by atoms with E-state index in [-0.39, 0.29) is 0 Å². The summed E-state index contributed by atoms with van der Waals surface area (Å²) in [7, 11) is 2.08. The maximum Gasteiger partial charge on any atom is 0.213 e. The zero-order valence-electron chi connectivity index (χ0n) is 11.9. The van der Waals surface area contributed by atoms with Crippen LogP contribution in [0.15, 0.2) is 61.3 Å². The van der Waals surface area contributed by atoms with Crippen LogP contribution in [0.3, 0.4) is 0 Å². The van der Waals surface area contributed by atoms with Gasteiger partial charge in [-0.05, 0) is 34.9 Å². The van der Waals surface area contributed by atoms with Crippen LogP contribution >= 0.6 is 0 Å². The summed E-state index contributed by atoms with van der Waals surface area (Å²) in [6.45, 7) is 6.03. The third-order valence-corrected chi connectivity index (χ3v) is 3.78. The molecule has 3 aromatic rings. The van der Waals surface area contributed by atoms with E-state index in [1.165, 1.54) is 27.6 Å². The van der Waals surface area contributed by atoms with Crippen LogP contribution in [0.4, 0.5) is 0 Å². The molecule has 0 unspecified atom stereocenters. The van der Waals surface area contributed by atoms with Crippen molar-refractivity contribution < 1.29 is 4.57 Å². The zero-order chi connectivity index (χ0) is 14.1. The Labute approximate surface area is 119 Å². The molecule has 0 spiro atoms. The van der Waals surface area contributed by atoms with Crippen molar-refractivity contribution in [3.63, 3.8) is 0 Å². The van der Waals surface area contributed by atoms with Crippen LogP contribution in [0.1, 0.15) is 11.1 Å². The Hall–Kier alpha value is -2.41. The van der Waals surface area contributed by atoms with Crippen molar-refractivity contribution in [3.05, 3.63) is 72.4 Å². The van der Waals surface area contributed by atoms with Gasteiger partial charge in [0, 0.05) is 17.7 Å². The van der Waals surface area contributed by atoms with Crippen LogP contribution in [0, 0.1) is 6.92 Å². The van der Waals surface area contributed by atoms with Gasteiger partial charge < -0.3 is 0 Å². The van der Waals surface area contributed by atoms with E-state index in [1.54, 1.807) is 0 Å². The van der Waals surface area contributed by atoms with E-state index in [4.69, 9.17) is 0 Å². The number of aryl methyl sites for hydroxylation is 2. The molecule has 0 aliphatic heterocycles. The molecule has 0 aliphatic rings. The largest absolute Gasteiger partial charge is 0.213 e. The number of pyridine rings is 1. The van der Waals surface area contributed by atoms with E-state index >= 15 is 0 Å². The number of aromatic nitrogens is 1. The molecule has 2 aromatic carbocycles. The van der Waals surface area contributed by atoms with Gasteiger partial charge in [0.1, 0.15) is 7.05 Å². The lowest BCUT2D eigenvalue weighted by Crippen LogP contribution is -2.30. The molecule has 0 N–H and O–H groups in total. The van der Waals surface area contributed by atoms with Crippen molar-refractivity contribution in [1.82, 2.24) is 0 Å². The standard InChI is InChI=1S/C19H18N/c1-4-15-9-10-20(3)19(12-15)18-13-17-8-6-5-7-16(17)11-14(18)2/h4-13H,1H2,2-3H3/q+1. The van der Waals surface area contributed by atoms with E-state index in [1.807, 2.05) is 6.08 Å². The van der Waals surface area contributed by atoms with Crippen molar-refractivity contribution in [1.29, 1.82) is 0 Å². The average molecular weight is 260 g/mol. The van der Waals surface area contributed by atoms with Gasteiger partial charge in [-0.15, -0.1) is 0 Å². The van der Waals surface area contributed by atoms with Gasteiger partial charge in [-0.2, -0.15) is 0 Å². The van der Waals surface area contributed by atoms with Gasteiger partial charge in [-0.25, -0.2) is 4.57 Å². The third-order valence-electron chi connectivity index (χ3n) is 3.78. The number of benzene rings is 2. The fraction of sp³-hybridized carbons (Fsp3) is 0.105. The molecule has 0 amide bonds. The Kier molecular flexibility index (Phi) is 3.11. The molecule has 1 aromatic heterocycles. The normalized spacial score (nSPS) is 10.7. The van der Waals surface area contributed by atoms with Crippen molar-refractivity contribution in [3.8, 4) is 11.3 Å². The molecular weight excluding hydrogens is 242 g/mol. The molecule has 0 fully saturated rings. The third kappa shape index (κ3) is 2.12. The molecule has 1 heterocycles. The fourth-order valence-electron chi connectivity index (χ4n) is 2.61. The molecule has 0 radical (unpaired) electrons. The molecule has 98 valence electrons. The highest BCUT2D eigenvalue weighted by atomic mass is 14.9. The predicted molar refractivity (Wildman–Crippen MR) is 85.4 cm³/mol. The number of hydrogen-bond acceptors (Lipinski definition) is 0. The van der Waals surface area contributed by atoms with Crippen LogP contribution in [0.25, 0.3) is 28.1 Å². The summed E-state index contributed by atoms with van der Waals surface area (Å²) in [5.41, 5.74) is 4.92. The van der Waals surface area contributed by atoms with Crippen LogP contribution in [0.5, 0.6) is 0 Å². The summed E-state index contributed by atoms with van der Waals surface area (Å²) in [6, 6.07) is 17.3. The van der Waals surface area contributed by atoms with Gasteiger partial charge in [-0.3, -0.25) is 0 Å². The van der Waals surface area contributed by atoms with Gasteiger partial charge in [-0.1, -0.05) is 43.0 Å². The molecule has 1 heteroatoms. The van der Waals surface area contributed by atoms with E-state index in [2.05, 4.69) is 79.8 Å². The lowest BCUT2D eigenvalue weighted by Gasteiger charge is -2.07. The van der Waals surface area contributed by atoms with Crippen molar-refractivity contribution in [2.24, 2.45) is 7.05 Å². The molecule has 0 atom stereocenters. The second-order valence-electron chi connectivity index (χ2n) is 5.17. The maximum absolute atomic E-state index is 3.86. The Morgan fingerprint density at radius 2 is 1.70 bits per heavy atom. The van der Waals surface area contributed by atoms with Gasteiger partial charge in [0.25, 0.3) is 0 Å². The molecule has 0 saturated carbocycles. The van der Waals surface area contributed by atoms with Crippen LogP contribution in [0.2, 0.25) is 0 Å². The monoisotopic (exact) mass is 260 g/mol. The van der Waals surface area contributed by atoms with Crippen LogP contribution in [-0.4, -0.2) is 0 Å². The Morgan fingerprint density at radius 3 is 2.40 bits per heavy atom. The molecular formula is C19H18N+. The number of nitrogens with zero attached hydrogens (tertiary/aromatic N) is 1. The molecule has 20 heavy (non-hydrogen) atoms. The second-order valence-corrected chi connectivity index (χ2v) is 5.17. The van der Waals surface area contributed by atoms with Crippen molar-refractivity contribution >= 4 is 16.8 Å². The minimum atomic E-state index is 1.14. The van der Waals surface area contributed by atoms with Crippen molar-refractivity contribution in [2.45, 2.75) is 6.92 Å². The lowest BCUT2D eigenvalue weighted by molar-refractivity contribution is -0.660. The minimum absolute atomic E-state index is 1.14. The minimum Gasteiger partial charge on any atom is -0.201 e. The number of rotatable bonds is 2. The first-order valence-electron chi connectivity index (χ1n) is 6.81. The Balaban J connectivity index is 2.28. The maximum atomic E-state index is 3.86. The average Bonchev–Trinajstić information content (AvgIpc) is 2.47. The van der Waals surface area contributed by atoms with E-state index in [0.717, 1.165) is 5.56 Å². The van der Waals surface area contributed by atoms with Crippen molar-refractivity contribution in [2.75, 3.05) is 0 Å². The summed E-state index contributed by atoms with van der Waals surface area (Å²) >= 11 is 0. The molecule has 1 nitrogen and oxygen atoms in total. The summed E-state index contributed by atoms with van der Waals surface area (Å²) in [4.78, 5) is 0. The SMILES string of the molecule is C=Cc1cc[n+](C)c(-c2cc3ccccc3cc2C)c1. The number of hydrogen-bond donors (Lipinski definition) is 0. The number of fused-ring (bicyclic) bond motifs is 1. The topological polar surface area (TPSA) is 3.88 Å².